The molecule has 0 aromatic heterocycles. The molecule has 0 aliphatic rings. The minimum Gasteiger partial charge on any atom is -0.399 e. The third-order valence-corrected chi connectivity index (χ3v) is 2.81. The van der Waals surface area contributed by atoms with Crippen LogP contribution in [-0.2, 0) is 11.3 Å². The van der Waals surface area contributed by atoms with E-state index in [1.807, 2.05) is 18.2 Å². The summed E-state index contributed by atoms with van der Waals surface area (Å²) in [6, 6.07) is 8.09. The highest BCUT2D eigenvalue weighted by Gasteiger charge is 2.04. The van der Waals surface area contributed by atoms with Crippen LogP contribution in [0.15, 0.2) is 24.3 Å². The molecule has 1 aromatic rings. The van der Waals surface area contributed by atoms with Crippen molar-refractivity contribution >= 4 is 5.69 Å². The van der Waals surface area contributed by atoms with Crippen molar-refractivity contribution < 1.29 is 4.74 Å². The first-order chi connectivity index (χ1) is 8.61. The lowest BCUT2D eigenvalue weighted by atomic mass is 10.2. The Morgan fingerprint density at radius 2 is 2.11 bits per heavy atom. The zero-order valence-electron chi connectivity index (χ0n) is 11.9. The summed E-state index contributed by atoms with van der Waals surface area (Å²) in [6.45, 7) is 11.1. The molecule has 102 valence electrons. The SMILES string of the molecule is CCN(CCOCC(C)C)Cc1cccc(N)c1. The first kappa shape index (κ1) is 15.0. The number of nitrogens with two attached hydrogens (primary N) is 1. The van der Waals surface area contributed by atoms with Gasteiger partial charge < -0.3 is 10.5 Å². The van der Waals surface area contributed by atoms with Gasteiger partial charge in [-0.1, -0.05) is 32.9 Å². The Balaban J connectivity index is 2.33. The summed E-state index contributed by atoms with van der Waals surface area (Å²) < 4.78 is 5.62. The minimum absolute atomic E-state index is 0.606. The molecule has 0 radical (unpaired) electrons. The predicted octanol–water partition coefficient (Wildman–Crippen LogP) is 2.76. The molecule has 0 aliphatic carbocycles. The monoisotopic (exact) mass is 250 g/mol. The summed E-state index contributed by atoms with van der Waals surface area (Å²) in [7, 11) is 0. The van der Waals surface area contributed by atoms with E-state index >= 15 is 0 Å². The average molecular weight is 250 g/mol. The third-order valence-electron chi connectivity index (χ3n) is 2.81. The van der Waals surface area contributed by atoms with Crippen LogP contribution in [0, 0.1) is 5.92 Å². The van der Waals surface area contributed by atoms with Crippen molar-refractivity contribution in [1.82, 2.24) is 4.90 Å². The fraction of sp³-hybridized carbons (Fsp3) is 0.600. The van der Waals surface area contributed by atoms with Gasteiger partial charge in [0.05, 0.1) is 6.61 Å². The number of nitrogens with zero attached hydrogens (tertiary/aromatic N) is 1. The summed E-state index contributed by atoms with van der Waals surface area (Å²) in [5, 5.41) is 0. The van der Waals surface area contributed by atoms with Gasteiger partial charge in [-0.3, -0.25) is 4.90 Å². The van der Waals surface area contributed by atoms with Gasteiger partial charge in [0.15, 0.2) is 0 Å². The first-order valence-electron chi connectivity index (χ1n) is 6.76. The van der Waals surface area contributed by atoms with E-state index < -0.39 is 0 Å². The predicted molar refractivity (Wildman–Crippen MR) is 77.5 cm³/mol. The second kappa shape index (κ2) is 8.11. The minimum atomic E-state index is 0.606. The Bertz CT molecular complexity index is 339. The van der Waals surface area contributed by atoms with E-state index in [1.165, 1.54) is 5.56 Å². The molecule has 0 fully saturated rings. The number of nitrogen functional groups attached to an aromatic ring is 1. The largest absolute Gasteiger partial charge is 0.399 e. The molecule has 3 heteroatoms. The molecule has 1 aromatic carbocycles. The average Bonchev–Trinajstić information content (AvgIpc) is 2.33. The Morgan fingerprint density at radius 3 is 2.72 bits per heavy atom. The number of ether oxygens (including phenoxy) is 1. The topological polar surface area (TPSA) is 38.5 Å². The molecule has 0 heterocycles. The van der Waals surface area contributed by atoms with Crippen molar-refractivity contribution in [3.05, 3.63) is 29.8 Å². The van der Waals surface area contributed by atoms with Crippen LogP contribution in [0.1, 0.15) is 26.3 Å². The molecule has 0 aliphatic heterocycles. The number of benzene rings is 1. The van der Waals surface area contributed by atoms with Gasteiger partial charge in [0.2, 0.25) is 0 Å². The van der Waals surface area contributed by atoms with E-state index in [0.717, 1.165) is 38.5 Å². The lowest BCUT2D eigenvalue weighted by Gasteiger charge is -2.20. The maximum absolute atomic E-state index is 5.79. The first-order valence-corrected chi connectivity index (χ1v) is 6.76. The maximum Gasteiger partial charge on any atom is 0.0593 e. The zero-order chi connectivity index (χ0) is 13.4. The summed E-state index contributed by atoms with van der Waals surface area (Å²) in [4.78, 5) is 2.37. The number of anilines is 1. The molecule has 0 amide bonds. The van der Waals surface area contributed by atoms with Crippen LogP contribution in [0.25, 0.3) is 0 Å². The maximum atomic E-state index is 5.79. The standard InChI is InChI=1S/C15H26N2O/c1-4-17(8-9-18-12-13(2)3)11-14-6-5-7-15(16)10-14/h5-7,10,13H,4,8-9,11-12,16H2,1-3H3. The molecule has 18 heavy (non-hydrogen) atoms. The van der Waals surface area contributed by atoms with E-state index in [4.69, 9.17) is 10.5 Å². The van der Waals surface area contributed by atoms with Crippen LogP contribution in [-0.4, -0.2) is 31.2 Å². The fourth-order valence-electron chi connectivity index (χ4n) is 1.81. The van der Waals surface area contributed by atoms with Crippen LogP contribution in [0.5, 0.6) is 0 Å². The fourth-order valence-corrected chi connectivity index (χ4v) is 1.81. The van der Waals surface area contributed by atoms with Gasteiger partial charge in [-0.05, 0) is 30.2 Å². The van der Waals surface area contributed by atoms with Crippen molar-refractivity contribution in [1.29, 1.82) is 0 Å². The second-order valence-electron chi connectivity index (χ2n) is 5.08. The van der Waals surface area contributed by atoms with Gasteiger partial charge in [0, 0.05) is 25.4 Å². The number of likely N-dealkylation sites (N-methyl/N-ethyl adjacent to an activating group) is 1. The summed E-state index contributed by atoms with van der Waals surface area (Å²) >= 11 is 0. The van der Waals surface area contributed by atoms with Crippen molar-refractivity contribution in [3.8, 4) is 0 Å². The van der Waals surface area contributed by atoms with Crippen molar-refractivity contribution in [2.45, 2.75) is 27.3 Å². The summed E-state index contributed by atoms with van der Waals surface area (Å²) in [5.74, 6) is 0.606. The quantitative estimate of drug-likeness (QED) is 0.569. The van der Waals surface area contributed by atoms with Crippen LogP contribution in [0.3, 0.4) is 0 Å². The summed E-state index contributed by atoms with van der Waals surface area (Å²) in [6.07, 6.45) is 0. The highest BCUT2D eigenvalue weighted by atomic mass is 16.5. The van der Waals surface area contributed by atoms with Gasteiger partial charge >= 0.3 is 0 Å². The van der Waals surface area contributed by atoms with E-state index in [1.54, 1.807) is 0 Å². The third kappa shape index (κ3) is 6.03. The van der Waals surface area contributed by atoms with Gasteiger partial charge in [-0.25, -0.2) is 0 Å². The van der Waals surface area contributed by atoms with Crippen LogP contribution in [0.2, 0.25) is 0 Å². The number of hydrogen-bond acceptors (Lipinski definition) is 3. The van der Waals surface area contributed by atoms with E-state index in [9.17, 15) is 0 Å². The molecule has 3 nitrogen and oxygen atoms in total. The van der Waals surface area contributed by atoms with E-state index in [-0.39, 0.29) is 0 Å². The molecule has 0 saturated heterocycles. The van der Waals surface area contributed by atoms with Gasteiger partial charge in [-0.15, -0.1) is 0 Å². The molecular weight excluding hydrogens is 224 g/mol. The van der Waals surface area contributed by atoms with Crippen molar-refractivity contribution in [3.63, 3.8) is 0 Å². The zero-order valence-corrected chi connectivity index (χ0v) is 11.9. The lowest BCUT2D eigenvalue weighted by molar-refractivity contribution is 0.0849. The Hall–Kier alpha value is -1.06. The number of hydrogen-bond donors (Lipinski definition) is 1. The highest BCUT2D eigenvalue weighted by Crippen LogP contribution is 2.09. The second-order valence-corrected chi connectivity index (χ2v) is 5.08. The van der Waals surface area contributed by atoms with Gasteiger partial charge in [0.25, 0.3) is 0 Å². The Labute approximate surface area is 111 Å². The Morgan fingerprint density at radius 1 is 1.33 bits per heavy atom. The van der Waals surface area contributed by atoms with E-state index in [2.05, 4.69) is 31.7 Å². The molecule has 0 spiro atoms. The molecule has 0 atom stereocenters. The molecule has 1 rings (SSSR count). The molecule has 2 N–H and O–H groups in total. The molecular formula is C15H26N2O. The highest BCUT2D eigenvalue weighted by molar-refractivity contribution is 5.40. The molecule has 0 bridgehead atoms. The lowest BCUT2D eigenvalue weighted by Crippen LogP contribution is -2.27. The number of rotatable bonds is 8. The molecule has 0 unspecified atom stereocenters. The summed E-state index contributed by atoms with van der Waals surface area (Å²) in [5.41, 5.74) is 7.89. The van der Waals surface area contributed by atoms with Crippen LogP contribution >= 0.6 is 0 Å². The van der Waals surface area contributed by atoms with E-state index in [0.29, 0.717) is 5.92 Å². The molecule has 0 saturated carbocycles. The van der Waals surface area contributed by atoms with Gasteiger partial charge in [0.1, 0.15) is 0 Å². The van der Waals surface area contributed by atoms with Crippen LogP contribution in [0.4, 0.5) is 5.69 Å². The normalized spacial score (nSPS) is 11.4. The van der Waals surface area contributed by atoms with Crippen LogP contribution < -0.4 is 5.73 Å². The smallest absolute Gasteiger partial charge is 0.0593 e. The van der Waals surface area contributed by atoms with Crippen molar-refractivity contribution in [2.75, 3.05) is 32.0 Å². The Kier molecular flexibility index (Phi) is 6.76. The van der Waals surface area contributed by atoms with Crippen molar-refractivity contribution in [2.24, 2.45) is 5.92 Å². The van der Waals surface area contributed by atoms with Gasteiger partial charge in [-0.2, -0.15) is 0 Å².